The summed E-state index contributed by atoms with van der Waals surface area (Å²) in [6.45, 7) is 0.209. The molecule has 6 nitrogen and oxygen atoms in total. The van der Waals surface area contributed by atoms with Crippen LogP contribution in [-0.2, 0) is 15.0 Å². The Balaban J connectivity index is 2.26. The lowest BCUT2D eigenvalue weighted by molar-refractivity contribution is -0.142. The van der Waals surface area contributed by atoms with E-state index in [1.807, 2.05) is 0 Å². The van der Waals surface area contributed by atoms with Gasteiger partial charge in [-0.3, -0.25) is 9.52 Å². The molecule has 9 heteroatoms. The zero-order chi connectivity index (χ0) is 15.6. The molecule has 0 radical (unpaired) electrons. The van der Waals surface area contributed by atoms with Crippen molar-refractivity contribution in [2.75, 3.05) is 11.3 Å². The van der Waals surface area contributed by atoms with E-state index in [0.29, 0.717) is 29.4 Å². The molecular formula is C12H14Br2N2O4S. The van der Waals surface area contributed by atoms with Crippen molar-refractivity contribution >= 4 is 53.7 Å². The quantitative estimate of drug-likeness (QED) is 0.751. The van der Waals surface area contributed by atoms with Gasteiger partial charge in [-0.1, -0.05) is 15.9 Å². The lowest BCUT2D eigenvalue weighted by Gasteiger charge is -2.32. The van der Waals surface area contributed by atoms with Crippen molar-refractivity contribution in [2.24, 2.45) is 0 Å². The normalized spacial score (nSPS) is 20.2. The van der Waals surface area contributed by atoms with Gasteiger partial charge in [0.1, 0.15) is 6.04 Å². The van der Waals surface area contributed by atoms with Gasteiger partial charge in [0.2, 0.25) is 0 Å². The molecule has 1 aliphatic rings. The Hall–Kier alpha value is -0.640. The highest BCUT2D eigenvalue weighted by Crippen LogP contribution is 2.29. The second-order valence-corrected chi connectivity index (χ2v) is 8.09. The second-order valence-electron chi connectivity index (χ2n) is 4.69. The summed E-state index contributed by atoms with van der Waals surface area (Å²) in [6, 6.07) is 4.01. The van der Waals surface area contributed by atoms with Crippen molar-refractivity contribution in [3.8, 4) is 0 Å². The third kappa shape index (κ3) is 3.97. The first kappa shape index (κ1) is 16.7. The minimum absolute atomic E-state index is 0.209. The molecule has 21 heavy (non-hydrogen) atoms. The van der Waals surface area contributed by atoms with E-state index in [2.05, 4.69) is 36.6 Å². The Morgan fingerprint density at radius 2 is 2.05 bits per heavy atom. The number of hydrogen-bond donors (Lipinski definition) is 2. The molecule has 1 saturated heterocycles. The number of carboxylic acid groups (broad SMARTS) is 1. The van der Waals surface area contributed by atoms with Crippen LogP contribution in [0.1, 0.15) is 19.3 Å². The van der Waals surface area contributed by atoms with Gasteiger partial charge in [0.15, 0.2) is 0 Å². The van der Waals surface area contributed by atoms with Crippen molar-refractivity contribution in [2.45, 2.75) is 25.3 Å². The van der Waals surface area contributed by atoms with Crippen molar-refractivity contribution in [1.82, 2.24) is 4.31 Å². The Morgan fingerprint density at radius 3 is 2.67 bits per heavy atom. The molecule has 1 unspecified atom stereocenters. The maximum atomic E-state index is 12.4. The molecule has 0 saturated carbocycles. The summed E-state index contributed by atoms with van der Waals surface area (Å²) >= 11 is 6.56. The van der Waals surface area contributed by atoms with E-state index in [-0.39, 0.29) is 6.54 Å². The molecule has 1 aromatic rings. The third-order valence-electron chi connectivity index (χ3n) is 3.22. The number of nitrogens with zero attached hydrogens (tertiary/aromatic N) is 1. The molecule has 2 rings (SSSR count). The number of anilines is 1. The van der Waals surface area contributed by atoms with Gasteiger partial charge in [-0.2, -0.15) is 12.7 Å². The zero-order valence-corrected chi connectivity index (χ0v) is 14.9. The molecule has 2 N–H and O–H groups in total. The highest BCUT2D eigenvalue weighted by Gasteiger charge is 2.36. The number of hydrogen-bond acceptors (Lipinski definition) is 3. The van der Waals surface area contributed by atoms with Crippen LogP contribution in [0.3, 0.4) is 0 Å². The van der Waals surface area contributed by atoms with Crippen LogP contribution in [0.5, 0.6) is 0 Å². The van der Waals surface area contributed by atoms with Gasteiger partial charge in [0, 0.05) is 15.5 Å². The Labute approximate surface area is 140 Å². The van der Waals surface area contributed by atoms with Crippen LogP contribution in [-0.4, -0.2) is 36.4 Å². The minimum Gasteiger partial charge on any atom is -0.480 e. The molecule has 1 aliphatic heterocycles. The average Bonchev–Trinajstić information content (AvgIpc) is 2.42. The Morgan fingerprint density at radius 1 is 1.33 bits per heavy atom. The maximum absolute atomic E-state index is 12.4. The first-order chi connectivity index (χ1) is 9.81. The largest absolute Gasteiger partial charge is 0.480 e. The van der Waals surface area contributed by atoms with Crippen LogP contribution < -0.4 is 4.72 Å². The highest BCUT2D eigenvalue weighted by molar-refractivity contribution is 9.11. The molecule has 116 valence electrons. The summed E-state index contributed by atoms with van der Waals surface area (Å²) in [5.41, 5.74) is 0.368. The van der Waals surface area contributed by atoms with E-state index in [1.165, 1.54) is 0 Å². The molecule has 0 amide bonds. The lowest BCUT2D eigenvalue weighted by Crippen LogP contribution is -2.49. The topological polar surface area (TPSA) is 86.7 Å². The molecule has 0 aromatic heterocycles. The number of rotatable bonds is 4. The summed E-state index contributed by atoms with van der Waals surface area (Å²) in [4.78, 5) is 11.2. The van der Waals surface area contributed by atoms with Gasteiger partial charge < -0.3 is 5.11 Å². The van der Waals surface area contributed by atoms with Gasteiger partial charge >= 0.3 is 16.2 Å². The van der Waals surface area contributed by atoms with E-state index in [1.54, 1.807) is 18.2 Å². The maximum Gasteiger partial charge on any atom is 0.322 e. The Bertz CT molecular complexity index is 651. The summed E-state index contributed by atoms with van der Waals surface area (Å²) in [7, 11) is -3.91. The molecule has 1 aromatic carbocycles. The average molecular weight is 442 g/mol. The van der Waals surface area contributed by atoms with E-state index in [4.69, 9.17) is 0 Å². The number of carboxylic acids is 1. The van der Waals surface area contributed by atoms with Crippen LogP contribution in [0.25, 0.3) is 0 Å². The fourth-order valence-corrected chi connectivity index (χ4v) is 4.96. The van der Waals surface area contributed by atoms with Crippen LogP contribution in [0.4, 0.5) is 5.69 Å². The second kappa shape index (κ2) is 6.64. The summed E-state index contributed by atoms with van der Waals surface area (Å²) < 4.78 is 29.7. The minimum atomic E-state index is -3.91. The van der Waals surface area contributed by atoms with Crippen molar-refractivity contribution in [3.05, 3.63) is 27.1 Å². The number of carbonyl (C=O) groups is 1. The van der Waals surface area contributed by atoms with E-state index in [0.717, 1.165) is 8.78 Å². The predicted molar refractivity (Wildman–Crippen MR) is 86.4 cm³/mol. The van der Waals surface area contributed by atoms with E-state index >= 15 is 0 Å². The molecule has 0 spiro atoms. The lowest BCUT2D eigenvalue weighted by atomic mass is 10.1. The monoisotopic (exact) mass is 440 g/mol. The van der Waals surface area contributed by atoms with Gasteiger partial charge in [0.05, 0.1) is 5.69 Å². The van der Waals surface area contributed by atoms with E-state index < -0.39 is 22.2 Å². The zero-order valence-electron chi connectivity index (χ0n) is 10.9. The predicted octanol–water partition coefficient (Wildman–Crippen LogP) is 2.81. The van der Waals surface area contributed by atoms with Gasteiger partial charge in [-0.05, 0) is 53.4 Å². The van der Waals surface area contributed by atoms with Gasteiger partial charge in [-0.25, -0.2) is 0 Å². The smallest absolute Gasteiger partial charge is 0.322 e. The fourth-order valence-electron chi connectivity index (χ4n) is 2.21. The number of halogens is 2. The molecule has 1 heterocycles. The molecular weight excluding hydrogens is 428 g/mol. The Kier molecular flexibility index (Phi) is 5.29. The fraction of sp³-hybridized carbons (Fsp3) is 0.417. The standard InChI is InChI=1S/C12H14Br2N2O4S/c13-8-4-5-10(9(14)7-8)15-21(19,20)16-6-2-1-3-11(16)12(17)18/h4-5,7,11,15H,1-3,6H2,(H,17,18). The SMILES string of the molecule is O=C(O)C1CCCCN1S(=O)(=O)Nc1ccc(Br)cc1Br. The molecule has 1 fully saturated rings. The van der Waals surface area contributed by atoms with Crippen LogP contribution in [0.2, 0.25) is 0 Å². The number of nitrogens with one attached hydrogen (secondary N) is 1. The van der Waals surface area contributed by atoms with Crippen molar-refractivity contribution < 1.29 is 18.3 Å². The van der Waals surface area contributed by atoms with Crippen molar-refractivity contribution in [1.29, 1.82) is 0 Å². The number of piperidine rings is 1. The van der Waals surface area contributed by atoms with Crippen molar-refractivity contribution in [3.63, 3.8) is 0 Å². The molecule has 1 atom stereocenters. The van der Waals surface area contributed by atoms with Crippen LogP contribution in [0, 0.1) is 0 Å². The summed E-state index contributed by atoms with van der Waals surface area (Å²) in [5, 5.41) is 9.18. The molecule has 0 aliphatic carbocycles. The summed E-state index contributed by atoms with van der Waals surface area (Å²) in [5.74, 6) is -1.12. The van der Waals surface area contributed by atoms with Crippen LogP contribution in [0.15, 0.2) is 27.1 Å². The van der Waals surface area contributed by atoms with Crippen LogP contribution >= 0.6 is 31.9 Å². The van der Waals surface area contributed by atoms with Gasteiger partial charge in [-0.15, -0.1) is 0 Å². The van der Waals surface area contributed by atoms with Gasteiger partial charge in [0.25, 0.3) is 0 Å². The summed E-state index contributed by atoms with van der Waals surface area (Å²) in [6.07, 6.45) is 1.70. The number of aliphatic carboxylic acids is 1. The highest BCUT2D eigenvalue weighted by atomic mass is 79.9. The first-order valence-corrected chi connectivity index (χ1v) is 9.31. The first-order valence-electron chi connectivity index (χ1n) is 6.29. The van der Waals surface area contributed by atoms with E-state index in [9.17, 15) is 18.3 Å². The number of benzene rings is 1. The molecule has 0 bridgehead atoms. The third-order valence-corrected chi connectivity index (χ3v) is 5.90.